The highest BCUT2D eigenvalue weighted by Crippen LogP contribution is 2.41. The average molecular weight is 231 g/mol. The van der Waals surface area contributed by atoms with Crippen molar-refractivity contribution in [1.29, 1.82) is 0 Å². The fraction of sp³-hybridized carbons (Fsp3) is 0.600. The maximum atomic E-state index is 6.20. The second-order valence-electron chi connectivity index (χ2n) is 5.18. The molecule has 1 aromatic rings. The number of fused-ring (bicyclic) bond motifs is 2. The van der Waals surface area contributed by atoms with Crippen LogP contribution in [-0.2, 0) is 16.8 Å². The first kappa shape index (κ1) is 11.2. The van der Waals surface area contributed by atoms with Crippen molar-refractivity contribution < 1.29 is 4.74 Å². The van der Waals surface area contributed by atoms with Gasteiger partial charge in [0.15, 0.2) is 0 Å². The van der Waals surface area contributed by atoms with Gasteiger partial charge in [-0.1, -0.05) is 31.2 Å². The zero-order valence-corrected chi connectivity index (χ0v) is 10.6. The Morgan fingerprint density at radius 3 is 2.76 bits per heavy atom. The number of ether oxygens (including phenoxy) is 1. The number of benzene rings is 1. The standard InChI is InChI=1S/C15H21NO/c1-2-16-10-8-15(9-11-16)14-6-4-3-5-13(14)7-12-17-15/h3-6H,2,7-12H2,1H3. The van der Waals surface area contributed by atoms with E-state index in [1.807, 2.05) is 0 Å². The van der Waals surface area contributed by atoms with E-state index in [1.165, 1.54) is 24.2 Å². The Labute approximate surface area is 104 Å². The molecule has 1 aromatic carbocycles. The first-order chi connectivity index (χ1) is 8.34. The molecule has 1 spiro atoms. The lowest BCUT2D eigenvalue weighted by atomic mass is 9.79. The van der Waals surface area contributed by atoms with Gasteiger partial charge >= 0.3 is 0 Å². The molecule has 92 valence electrons. The highest BCUT2D eigenvalue weighted by atomic mass is 16.5. The van der Waals surface area contributed by atoms with Gasteiger partial charge in [0.25, 0.3) is 0 Å². The van der Waals surface area contributed by atoms with Crippen LogP contribution in [0, 0.1) is 0 Å². The van der Waals surface area contributed by atoms with Crippen LogP contribution < -0.4 is 0 Å². The van der Waals surface area contributed by atoms with Crippen molar-refractivity contribution in [1.82, 2.24) is 4.90 Å². The van der Waals surface area contributed by atoms with Gasteiger partial charge in [-0.25, -0.2) is 0 Å². The van der Waals surface area contributed by atoms with Crippen molar-refractivity contribution in [2.45, 2.75) is 31.8 Å². The third-order valence-electron chi connectivity index (χ3n) is 4.37. The molecule has 0 saturated carbocycles. The van der Waals surface area contributed by atoms with Gasteiger partial charge in [-0.2, -0.15) is 0 Å². The fourth-order valence-corrected chi connectivity index (χ4v) is 3.26. The summed E-state index contributed by atoms with van der Waals surface area (Å²) >= 11 is 0. The molecule has 1 fully saturated rings. The van der Waals surface area contributed by atoms with E-state index in [2.05, 4.69) is 36.1 Å². The Morgan fingerprint density at radius 1 is 1.24 bits per heavy atom. The van der Waals surface area contributed by atoms with Crippen LogP contribution >= 0.6 is 0 Å². The van der Waals surface area contributed by atoms with Crippen LogP contribution in [0.3, 0.4) is 0 Å². The third-order valence-corrected chi connectivity index (χ3v) is 4.37. The van der Waals surface area contributed by atoms with E-state index in [1.54, 1.807) is 0 Å². The van der Waals surface area contributed by atoms with Crippen molar-refractivity contribution >= 4 is 0 Å². The van der Waals surface area contributed by atoms with Crippen molar-refractivity contribution in [3.63, 3.8) is 0 Å². The molecule has 2 aliphatic rings. The van der Waals surface area contributed by atoms with Gasteiger partial charge in [-0.05, 0) is 36.9 Å². The molecule has 0 N–H and O–H groups in total. The monoisotopic (exact) mass is 231 g/mol. The minimum Gasteiger partial charge on any atom is -0.370 e. The Balaban J connectivity index is 1.89. The molecule has 0 bridgehead atoms. The highest BCUT2D eigenvalue weighted by molar-refractivity contribution is 5.35. The van der Waals surface area contributed by atoms with Crippen LogP contribution in [0.1, 0.15) is 30.9 Å². The molecule has 0 unspecified atom stereocenters. The summed E-state index contributed by atoms with van der Waals surface area (Å²) in [5, 5.41) is 0. The Morgan fingerprint density at radius 2 is 2.00 bits per heavy atom. The zero-order valence-electron chi connectivity index (χ0n) is 10.6. The van der Waals surface area contributed by atoms with Crippen molar-refractivity contribution in [3.05, 3.63) is 35.4 Å². The van der Waals surface area contributed by atoms with Crippen LogP contribution in [0.4, 0.5) is 0 Å². The lowest BCUT2D eigenvalue weighted by Crippen LogP contribution is -2.46. The van der Waals surface area contributed by atoms with Gasteiger partial charge in [0.2, 0.25) is 0 Å². The molecule has 0 atom stereocenters. The lowest BCUT2D eigenvalue weighted by molar-refractivity contribution is -0.0973. The van der Waals surface area contributed by atoms with Gasteiger partial charge in [0.05, 0.1) is 12.2 Å². The molecule has 17 heavy (non-hydrogen) atoms. The van der Waals surface area contributed by atoms with E-state index in [0.29, 0.717) is 0 Å². The lowest BCUT2D eigenvalue weighted by Gasteiger charge is -2.44. The summed E-state index contributed by atoms with van der Waals surface area (Å²) in [4.78, 5) is 2.52. The molecule has 2 heteroatoms. The van der Waals surface area contributed by atoms with Gasteiger partial charge in [0, 0.05) is 13.1 Å². The second-order valence-corrected chi connectivity index (χ2v) is 5.18. The van der Waals surface area contributed by atoms with Crippen molar-refractivity contribution in [2.24, 2.45) is 0 Å². The first-order valence-electron chi connectivity index (χ1n) is 6.79. The minimum atomic E-state index is 0.0283. The van der Waals surface area contributed by atoms with Gasteiger partial charge < -0.3 is 9.64 Å². The molecule has 1 saturated heterocycles. The Hall–Kier alpha value is -0.860. The van der Waals surface area contributed by atoms with Gasteiger partial charge in [0.1, 0.15) is 0 Å². The molecular weight excluding hydrogens is 210 g/mol. The summed E-state index contributed by atoms with van der Waals surface area (Å²) < 4.78 is 6.20. The van der Waals surface area contributed by atoms with Crippen molar-refractivity contribution in [3.8, 4) is 0 Å². The predicted molar refractivity (Wildman–Crippen MR) is 69.1 cm³/mol. The summed E-state index contributed by atoms with van der Waals surface area (Å²) in [6.45, 7) is 6.64. The SMILES string of the molecule is CCN1CCC2(CC1)OCCc1ccccc12. The predicted octanol–water partition coefficient (Wildman–Crippen LogP) is 2.57. The number of hydrogen-bond acceptors (Lipinski definition) is 2. The third kappa shape index (κ3) is 1.90. The van der Waals surface area contributed by atoms with E-state index >= 15 is 0 Å². The molecule has 2 nitrogen and oxygen atoms in total. The van der Waals surface area contributed by atoms with Crippen LogP contribution in [0.2, 0.25) is 0 Å². The molecule has 2 heterocycles. The number of nitrogens with zero attached hydrogens (tertiary/aromatic N) is 1. The summed E-state index contributed by atoms with van der Waals surface area (Å²) in [6.07, 6.45) is 3.38. The molecule has 0 aromatic heterocycles. The number of rotatable bonds is 1. The normalized spacial score (nSPS) is 23.6. The summed E-state index contributed by atoms with van der Waals surface area (Å²) in [5.41, 5.74) is 2.99. The summed E-state index contributed by atoms with van der Waals surface area (Å²) in [6, 6.07) is 8.85. The van der Waals surface area contributed by atoms with Crippen LogP contribution in [0.15, 0.2) is 24.3 Å². The number of hydrogen-bond donors (Lipinski definition) is 0. The number of likely N-dealkylation sites (tertiary alicyclic amines) is 1. The van der Waals surface area contributed by atoms with Crippen LogP contribution in [-0.4, -0.2) is 31.1 Å². The van der Waals surface area contributed by atoms with Crippen LogP contribution in [0.5, 0.6) is 0 Å². The topological polar surface area (TPSA) is 12.5 Å². The minimum absolute atomic E-state index is 0.0283. The Bertz CT molecular complexity index is 394. The van der Waals surface area contributed by atoms with Gasteiger partial charge in [-0.15, -0.1) is 0 Å². The maximum Gasteiger partial charge on any atom is 0.0958 e. The smallest absolute Gasteiger partial charge is 0.0958 e. The first-order valence-corrected chi connectivity index (χ1v) is 6.79. The fourth-order valence-electron chi connectivity index (χ4n) is 3.26. The zero-order chi connectivity index (χ0) is 11.7. The van der Waals surface area contributed by atoms with Gasteiger partial charge in [-0.3, -0.25) is 0 Å². The van der Waals surface area contributed by atoms with E-state index in [0.717, 1.165) is 32.4 Å². The van der Waals surface area contributed by atoms with E-state index in [9.17, 15) is 0 Å². The van der Waals surface area contributed by atoms with E-state index < -0.39 is 0 Å². The maximum absolute atomic E-state index is 6.20. The van der Waals surface area contributed by atoms with Crippen LogP contribution in [0.25, 0.3) is 0 Å². The molecule has 0 radical (unpaired) electrons. The summed E-state index contributed by atoms with van der Waals surface area (Å²) in [5.74, 6) is 0. The largest absolute Gasteiger partial charge is 0.370 e. The highest BCUT2D eigenvalue weighted by Gasteiger charge is 2.40. The second kappa shape index (κ2) is 4.43. The molecule has 2 aliphatic heterocycles. The molecule has 3 rings (SSSR count). The Kier molecular flexibility index (Phi) is 2.93. The van der Waals surface area contributed by atoms with E-state index in [4.69, 9.17) is 4.74 Å². The number of piperidine rings is 1. The molecular formula is C15H21NO. The molecule has 0 amide bonds. The van der Waals surface area contributed by atoms with E-state index in [-0.39, 0.29) is 5.60 Å². The quantitative estimate of drug-likeness (QED) is 0.736. The summed E-state index contributed by atoms with van der Waals surface area (Å²) in [7, 11) is 0. The molecule has 0 aliphatic carbocycles. The average Bonchev–Trinajstić information content (AvgIpc) is 2.40. The van der Waals surface area contributed by atoms with Crippen molar-refractivity contribution in [2.75, 3.05) is 26.2 Å².